The van der Waals surface area contributed by atoms with Gasteiger partial charge in [-0.05, 0) is 57.7 Å². The zero-order chi connectivity index (χ0) is 15.5. The second kappa shape index (κ2) is 5.76. The summed E-state index contributed by atoms with van der Waals surface area (Å²) in [6.07, 6.45) is 3.84. The van der Waals surface area contributed by atoms with Gasteiger partial charge in [-0.25, -0.2) is 9.79 Å². The fourth-order valence-electron chi connectivity index (χ4n) is 2.47. The molecule has 1 saturated carbocycles. The maximum Gasteiger partial charge on any atom is 0.408 e. The highest BCUT2D eigenvalue weighted by molar-refractivity contribution is 5.69. The molecule has 2 rings (SSSR count). The molecule has 0 spiro atoms. The number of carbonyl (C=O) groups is 1. The van der Waals surface area contributed by atoms with Gasteiger partial charge in [-0.2, -0.15) is 0 Å². The second-order valence-corrected chi connectivity index (χ2v) is 6.39. The molecule has 0 aliphatic heterocycles. The highest BCUT2D eigenvalue weighted by atomic mass is 16.6. The zero-order valence-corrected chi connectivity index (χ0v) is 12.8. The lowest BCUT2D eigenvalue weighted by molar-refractivity contribution is 0.0377. The molecule has 0 aromatic heterocycles. The fourth-order valence-corrected chi connectivity index (χ4v) is 2.47. The Morgan fingerprint density at radius 2 is 1.95 bits per heavy atom. The number of aliphatic imine (C=N–C) groups is 1. The van der Waals surface area contributed by atoms with Gasteiger partial charge in [0.1, 0.15) is 5.60 Å². The van der Waals surface area contributed by atoms with Crippen LogP contribution in [-0.2, 0) is 10.3 Å². The van der Waals surface area contributed by atoms with E-state index in [4.69, 9.17) is 10.5 Å². The molecule has 3 N–H and O–H groups in total. The van der Waals surface area contributed by atoms with Gasteiger partial charge in [0.25, 0.3) is 0 Å². The van der Waals surface area contributed by atoms with Gasteiger partial charge in [0, 0.05) is 0 Å². The normalized spacial score (nSPS) is 17.3. The molecule has 1 amide bonds. The smallest absolute Gasteiger partial charge is 0.408 e. The minimum Gasteiger partial charge on any atom is -0.444 e. The summed E-state index contributed by atoms with van der Waals surface area (Å²) in [4.78, 5) is 16.1. The van der Waals surface area contributed by atoms with Crippen LogP contribution in [0.3, 0.4) is 0 Å². The topological polar surface area (TPSA) is 76.7 Å². The maximum absolute atomic E-state index is 12.0. The number of hydrogen-bond acceptors (Lipinski definition) is 3. The lowest BCUT2D eigenvalue weighted by atomic mass is 9.72. The second-order valence-electron chi connectivity index (χ2n) is 6.39. The average Bonchev–Trinajstić information content (AvgIpc) is 2.33. The summed E-state index contributed by atoms with van der Waals surface area (Å²) in [5.74, 6) is 0. The SMILES string of the molecule is CC(C)(C)OC(=O)NC1(c2ccc(N=CN)cc2)CCC1. The molecule has 5 heteroatoms. The van der Waals surface area contributed by atoms with E-state index in [1.807, 2.05) is 45.0 Å². The lowest BCUT2D eigenvalue weighted by Crippen LogP contribution is -2.52. The summed E-state index contributed by atoms with van der Waals surface area (Å²) in [5, 5.41) is 3.03. The predicted molar refractivity (Wildman–Crippen MR) is 83.7 cm³/mol. The first kappa shape index (κ1) is 15.4. The number of carbonyl (C=O) groups excluding carboxylic acids is 1. The van der Waals surface area contributed by atoms with Crippen LogP contribution in [0.25, 0.3) is 0 Å². The van der Waals surface area contributed by atoms with Crippen LogP contribution in [0, 0.1) is 0 Å². The van der Waals surface area contributed by atoms with Gasteiger partial charge in [-0.3, -0.25) is 0 Å². The van der Waals surface area contributed by atoms with E-state index in [1.165, 1.54) is 6.34 Å². The van der Waals surface area contributed by atoms with Crippen molar-refractivity contribution in [1.82, 2.24) is 5.32 Å². The van der Waals surface area contributed by atoms with Crippen molar-refractivity contribution in [2.75, 3.05) is 0 Å². The van der Waals surface area contributed by atoms with E-state index in [1.54, 1.807) is 0 Å². The van der Waals surface area contributed by atoms with E-state index >= 15 is 0 Å². The van der Waals surface area contributed by atoms with Crippen LogP contribution >= 0.6 is 0 Å². The maximum atomic E-state index is 12.0. The number of benzene rings is 1. The highest BCUT2D eigenvalue weighted by Crippen LogP contribution is 2.41. The minimum atomic E-state index is -0.491. The molecule has 0 unspecified atom stereocenters. The van der Waals surface area contributed by atoms with E-state index in [2.05, 4.69) is 10.3 Å². The van der Waals surface area contributed by atoms with Crippen LogP contribution in [0.5, 0.6) is 0 Å². The van der Waals surface area contributed by atoms with E-state index in [0.29, 0.717) is 0 Å². The monoisotopic (exact) mass is 289 g/mol. The summed E-state index contributed by atoms with van der Waals surface area (Å²) >= 11 is 0. The summed E-state index contributed by atoms with van der Waals surface area (Å²) in [7, 11) is 0. The van der Waals surface area contributed by atoms with Gasteiger partial charge < -0.3 is 15.8 Å². The molecule has 114 valence electrons. The van der Waals surface area contributed by atoms with E-state index in [-0.39, 0.29) is 11.6 Å². The molecule has 5 nitrogen and oxygen atoms in total. The molecule has 0 saturated heterocycles. The molecule has 1 aromatic rings. The standard InChI is InChI=1S/C16H23N3O2/c1-15(2,3)21-14(20)19-16(9-4-10-16)12-5-7-13(8-6-12)18-11-17/h5-8,11H,4,9-10H2,1-3H3,(H2,17,18)(H,19,20). The largest absolute Gasteiger partial charge is 0.444 e. The predicted octanol–water partition coefficient (Wildman–Crippen LogP) is 3.21. The van der Waals surface area contributed by atoms with Crippen LogP contribution in [0.2, 0.25) is 0 Å². The van der Waals surface area contributed by atoms with Crippen LogP contribution in [0.4, 0.5) is 10.5 Å². The van der Waals surface area contributed by atoms with Gasteiger partial charge in [-0.15, -0.1) is 0 Å². The highest BCUT2D eigenvalue weighted by Gasteiger charge is 2.41. The first-order valence-corrected chi connectivity index (χ1v) is 7.21. The molecule has 1 aliphatic carbocycles. The quantitative estimate of drug-likeness (QED) is 0.662. The number of alkyl carbamates (subject to hydrolysis) is 1. The van der Waals surface area contributed by atoms with Crippen LogP contribution in [-0.4, -0.2) is 18.0 Å². The van der Waals surface area contributed by atoms with E-state index < -0.39 is 5.60 Å². The molecule has 1 aromatic carbocycles. The van der Waals surface area contributed by atoms with Crippen molar-refractivity contribution >= 4 is 18.1 Å². The Hall–Kier alpha value is -2.04. The summed E-state index contributed by atoms with van der Waals surface area (Å²) in [6, 6.07) is 7.77. The number of nitrogens with two attached hydrogens (primary N) is 1. The van der Waals surface area contributed by atoms with E-state index in [0.717, 1.165) is 30.5 Å². The Balaban J connectivity index is 2.12. The molecule has 0 bridgehead atoms. The van der Waals surface area contributed by atoms with E-state index in [9.17, 15) is 4.79 Å². The number of amides is 1. The first-order valence-electron chi connectivity index (χ1n) is 7.21. The Labute approximate surface area is 125 Å². The Morgan fingerprint density at radius 1 is 1.33 bits per heavy atom. The number of rotatable bonds is 3. The summed E-state index contributed by atoms with van der Waals surface area (Å²) in [5.41, 5.74) is 6.36. The van der Waals surface area contributed by atoms with Gasteiger partial charge in [0.2, 0.25) is 0 Å². The van der Waals surface area contributed by atoms with Crippen molar-refractivity contribution in [3.05, 3.63) is 29.8 Å². The van der Waals surface area contributed by atoms with Crippen LogP contribution in [0.1, 0.15) is 45.6 Å². The first-order chi connectivity index (χ1) is 9.85. The van der Waals surface area contributed by atoms with Gasteiger partial charge >= 0.3 is 6.09 Å². The van der Waals surface area contributed by atoms with Crippen molar-refractivity contribution in [2.24, 2.45) is 10.7 Å². The minimum absolute atomic E-state index is 0.312. The lowest BCUT2D eigenvalue weighted by Gasteiger charge is -2.43. The molecule has 21 heavy (non-hydrogen) atoms. The number of ether oxygens (including phenoxy) is 1. The molecule has 1 fully saturated rings. The fraction of sp³-hybridized carbons (Fsp3) is 0.500. The third-order valence-electron chi connectivity index (χ3n) is 3.59. The van der Waals surface area contributed by atoms with Crippen molar-refractivity contribution in [1.29, 1.82) is 0 Å². The molecule has 0 atom stereocenters. The van der Waals surface area contributed by atoms with Gasteiger partial charge in [-0.1, -0.05) is 12.1 Å². The number of nitrogens with zero attached hydrogens (tertiary/aromatic N) is 1. The molecule has 0 radical (unpaired) electrons. The number of nitrogens with one attached hydrogen (secondary N) is 1. The van der Waals surface area contributed by atoms with Gasteiger partial charge in [0.15, 0.2) is 0 Å². The van der Waals surface area contributed by atoms with Crippen LogP contribution in [0.15, 0.2) is 29.3 Å². The van der Waals surface area contributed by atoms with Crippen LogP contribution < -0.4 is 11.1 Å². The average molecular weight is 289 g/mol. The van der Waals surface area contributed by atoms with Gasteiger partial charge in [0.05, 0.1) is 17.6 Å². The zero-order valence-electron chi connectivity index (χ0n) is 12.8. The van der Waals surface area contributed by atoms with Crippen molar-refractivity contribution in [3.8, 4) is 0 Å². The molecular weight excluding hydrogens is 266 g/mol. The Bertz CT molecular complexity index is 525. The third-order valence-corrected chi connectivity index (χ3v) is 3.59. The molecule has 0 heterocycles. The molecule has 1 aliphatic rings. The number of hydrogen-bond donors (Lipinski definition) is 2. The summed E-state index contributed by atoms with van der Waals surface area (Å²) in [6.45, 7) is 5.58. The van der Waals surface area contributed by atoms with Crippen molar-refractivity contribution in [2.45, 2.75) is 51.2 Å². The Morgan fingerprint density at radius 3 is 2.38 bits per heavy atom. The summed E-state index contributed by atoms with van der Waals surface area (Å²) < 4.78 is 5.36. The molecular formula is C16H23N3O2. The van der Waals surface area contributed by atoms with Crippen molar-refractivity contribution < 1.29 is 9.53 Å². The third kappa shape index (κ3) is 3.74. The Kier molecular flexibility index (Phi) is 4.21. The van der Waals surface area contributed by atoms with Crippen molar-refractivity contribution in [3.63, 3.8) is 0 Å².